The molecule has 4 heteroatoms. The van der Waals surface area contributed by atoms with Crippen molar-refractivity contribution in [3.63, 3.8) is 0 Å². The Bertz CT molecular complexity index is 535. The minimum absolute atomic E-state index is 0.678. The second-order valence-electron chi connectivity index (χ2n) is 3.59. The molecular weight excluding hydrogens is 230 g/mol. The molecule has 0 aliphatic carbocycles. The Morgan fingerprint density at radius 1 is 1.00 bits per heavy atom. The highest BCUT2D eigenvalue weighted by atomic mass is 16.5. The minimum Gasteiger partial charge on any atom is -0.497 e. The van der Waals surface area contributed by atoms with Crippen LogP contribution < -0.4 is 9.47 Å². The molecule has 2 aromatic rings. The van der Waals surface area contributed by atoms with E-state index >= 15 is 0 Å². The fraction of sp³-hybridized carbons (Fsp3) is 0.0714. The second kappa shape index (κ2) is 5.72. The van der Waals surface area contributed by atoms with Gasteiger partial charge in [-0.2, -0.15) is 0 Å². The largest absolute Gasteiger partial charge is 0.497 e. The summed E-state index contributed by atoms with van der Waals surface area (Å²) in [5.41, 5.74) is 0.767. The molecule has 2 aromatic carbocycles. The molecule has 0 unspecified atom stereocenters. The first-order valence-corrected chi connectivity index (χ1v) is 5.41. The van der Waals surface area contributed by atoms with Crippen molar-refractivity contribution in [1.29, 1.82) is 0 Å². The first kappa shape index (κ1) is 12.0. The number of oxime groups is 1. The van der Waals surface area contributed by atoms with E-state index in [2.05, 4.69) is 5.16 Å². The van der Waals surface area contributed by atoms with Gasteiger partial charge in [0.05, 0.1) is 13.3 Å². The van der Waals surface area contributed by atoms with Gasteiger partial charge in [-0.15, -0.1) is 0 Å². The van der Waals surface area contributed by atoms with Crippen molar-refractivity contribution < 1.29 is 14.7 Å². The summed E-state index contributed by atoms with van der Waals surface area (Å²) in [6.45, 7) is 0. The van der Waals surface area contributed by atoms with E-state index in [-0.39, 0.29) is 0 Å². The first-order chi connectivity index (χ1) is 8.81. The average molecular weight is 243 g/mol. The molecule has 0 saturated heterocycles. The third kappa shape index (κ3) is 3.01. The fourth-order valence-electron chi connectivity index (χ4n) is 1.50. The van der Waals surface area contributed by atoms with Crippen molar-refractivity contribution in [2.45, 2.75) is 0 Å². The molecule has 0 aliphatic heterocycles. The number of methoxy groups -OCH3 is 1. The lowest BCUT2D eigenvalue weighted by Crippen LogP contribution is -1.87. The summed E-state index contributed by atoms with van der Waals surface area (Å²) in [5.74, 6) is 2.18. The lowest BCUT2D eigenvalue weighted by Gasteiger charge is -2.07. The Morgan fingerprint density at radius 2 is 1.72 bits per heavy atom. The molecule has 1 N–H and O–H groups in total. The van der Waals surface area contributed by atoms with Crippen LogP contribution in [0.25, 0.3) is 0 Å². The van der Waals surface area contributed by atoms with Crippen LogP contribution in [0.1, 0.15) is 5.56 Å². The van der Waals surface area contributed by atoms with Crippen LogP contribution in [0.2, 0.25) is 0 Å². The van der Waals surface area contributed by atoms with Gasteiger partial charge in [0.2, 0.25) is 0 Å². The van der Waals surface area contributed by atoms with E-state index in [0.717, 1.165) is 11.3 Å². The number of hydrogen-bond donors (Lipinski definition) is 1. The topological polar surface area (TPSA) is 51.0 Å². The van der Waals surface area contributed by atoms with Gasteiger partial charge in [0.15, 0.2) is 0 Å². The molecule has 92 valence electrons. The fourth-order valence-corrected chi connectivity index (χ4v) is 1.50. The maximum absolute atomic E-state index is 8.47. The SMILES string of the molecule is COc1ccc(Oc2cccc(C=NO)c2)cc1. The van der Waals surface area contributed by atoms with Gasteiger partial charge < -0.3 is 14.7 Å². The van der Waals surface area contributed by atoms with Gasteiger partial charge in [0.25, 0.3) is 0 Å². The molecule has 0 aromatic heterocycles. The number of rotatable bonds is 4. The van der Waals surface area contributed by atoms with Crippen molar-refractivity contribution >= 4 is 6.21 Å². The van der Waals surface area contributed by atoms with E-state index in [9.17, 15) is 0 Å². The Kier molecular flexibility index (Phi) is 3.81. The summed E-state index contributed by atoms with van der Waals surface area (Å²) in [4.78, 5) is 0. The lowest BCUT2D eigenvalue weighted by atomic mass is 10.2. The van der Waals surface area contributed by atoms with Gasteiger partial charge in [-0.05, 0) is 42.0 Å². The normalized spacial score (nSPS) is 10.5. The third-order valence-corrected chi connectivity index (χ3v) is 2.36. The summed E-state index contributed by atoms with van der Waals surface area (Å²) in [7, 11) is 1.62. The van der Waals surface area contributed by atoms with E-state index in [0.29, 0.717) is 11.5 Å². The predicted molar refractivity (Wildman–Crippen MR) is 68.9 cm³/mol. The zero-order chi connectivity index (χ0) is 12.8. The Labute approximate surface area is 105 Å². The highest BCUT2D eigenvalue weighted by Gasteiger charge is 1.99. The maximum Gasteiger partial charge on any atom is 0.128 e. The molecule has 0 aliphatic rings. The standard InChI is InChI=1S/C14H13NO3/c1-17-12-5-7-13(8-6-12)18-14-4-2-3-11(9-14)10-15-16/h2-10,16H,1H3. The first-order valence-electron chi connectivity index (χ1n) is 5.41. The van der Waals surface area contributed by atoms with Crippen LogP contribution in [-0.4, -0.2) is 18.5 Å². The Balaban J connectivity index is 2.14. The van der Waals surface area contributed by atoms with E-state index in [1.807, 2.05) is 42.5 Å². The van der Waals surface area contributed by atoms with Gasteiger partial charge in [-0.3, -0.25) is 0 Å². The molecule has 0 atom stereocenters. The number of nitrogens with zero attached hydrogens (tertiary/aromatic N) is 1. The molecule has 0 heterocycles. The average Bonchev–Trinajstić information content (AvgIpc) is 2.40. The van der Waals surface area contributed by atoms with E-state index < -0.39 is 0 Å². The second-order valence-corrected chi connectivity index (χ2v) is 3.59. The predicted octanol–water partition coefficient (Wildman–Crippen LogP) is 3.30. The molecular formula is C14H13NO3. The van der Waals surface area contributed by atoms with Gasteiger partial charge >= 0.3 is 0 Å². The molecule has 0 saturated carbocycles. The Hall–Kier alpha value is -2.49. The van der Waals surface area contributed by atoms with Crippen molar-refractivity contribution in [1.82, 2.24) is 0 Å². The molecule has 18 heavy (non-hydrogen) atoms. The highest BCUT2D eigenvalue weighted by molar-refractivity contribution is 5.79. The van der Waals surface area contributed by atoms with Crippen molar-refractivity contribution in [3.05, 3.63) is 54.1 Å². The molecule has 0 spiro atoms. The third-order valence-electron chi connectivity index (χ3n) is 2.36. The van der Waals surface area contributed by atoms with E-state index in [1.54, 1.807) is 13.2 Å². The van der Waals surface area contributed by atoms with Crippen LogP contribution in [0.15, 0.2) is 53.7 Å². The lowest BCUT2D eigenvalue weighted by molar-refractivity contribution is 0.322. The minimum atomic E-state index is 0.678. The summed E-state index contributed by atoms with van der Waals surface area (Å²) >= 11 is 0. The van der Waals surface area contributed by atoms with Crippen molar-refractivity contribution in [3.8, 4) is 17.2 Å². The number of hydrogen-bond acceptors (Lipinski definition) is 4. The van der Waals surface area contributed by atoms with Crippen molar-refractivity contribution in [2.75, 3.05) is 7.11 Å². The van der Waals surface area contributed by atoms with Gasteiger partial charge in [0.1, 0.15) is 17.2 Å². The van der Waals surface area contributed by atoms with E-state index in [1.165, 1.54) is 6.21 Å². The van der Waals surface area contributed by atoms with Crippen LogP contribution in [0, 0.1) is 0 Å². The van der Waals surface area contributed by atoms with E-state index in [4.69, 9.17) is 14.7 Å². The van der Waals surface area contributed by atoms with Crippen LogP contribution >= 0.6 is 0 Å². The van der Waals surface area contributed by atoms with Crippen LogP contribution in [0.5, 0.6) is 17.2 Å². The monoisotopic (exact) mass is 243 g/mol. The molecule has 0 fully saturated rings. The number of ether oxygens (including phenoxy) is 2. The molecule has 0 amide bonds. The quantitative estimate of drug-likeness (QED) is 0.509. The molecule has 2 rings (SSSR count). The Morgan fingerprint density at radius 3 is 2.39 bits per heavy atom. The molecule has 0 radical (unpaired) electrons. The van der Waals surface area contributed by atoms with Crippen LogP contribution in [0.4, 0.5) is 0 Å². The van der Waals surface area contributed by atoms with Crippen molar-refractivity contribution in [2.24, 2.45) is 5.16 Å². The zero-order valence-corrected chi connectivity index (χ0v) is 9.91. The molecule has 0 bridgehead atoms. The summed E-state index contributed by atoms with van der Waals surface area (Å²) in [6, 6.07) is 14.6. The highest BCUT2D eigenvalue weighted by Crippen LogP contribution is 2.24. The summed E-state index contributed by atoms with van der Waals surface area (Å²) < 4.78 is 10.7. The number of benzene rings is 2. The maximum atomic E-state index is 8.47. The summed E-state index contributed by atoms with van der Waals surface area (Å²) in [5, 5.41) is 11.5. The summed E-state index contributed by atoms with van der Waals surface area (Å²) in [6.07, 6.45) is 1.35. The van der Waals surface area contributed by atoms with Crippen LogP contribution in [0.3, 0.4) is 0 Å². The smallest absolute Gasteiger partial charge is 0.128 e. The van der Waals surface area contributed by atoms with Crippen LogP contribution in [-0.2, 0) is 0 Å². The van der Waals surface area contributed by atoms with Gasteiger partial charge in [-0.1, -0.05) is 17.3 Å². The van der Waals surface area contributed by atoms with Gasteiger partial charge in [0, 0.05) is 0 Å². The molecule has 4 nitrogen and oxygen atoms in total. The van der Waals surface area contributed by atoms with Gasteiger partial charge in [-0.25, -0.2) is 0 Å². The zero-order valence-electron chi connectivity index (χ0n) is 9.91.